The number of hydrogen-bond acceptors (Lipinski definition) is 7. The number of carbonyl (C=O) groups is 2. The fourth-order valence-corrected chi connectivity index (χ4v) is 8.57. The summed E-state index contributed by atoms with van der Waals surface area (Å²) in [4.78, 5) is 27.6. The maximum atomic E-state index is 14.0. The number of hydrogen-bond donors (Lipinski definition) is 3. The van der Waals surface area contributed by atoms with E-state index in [1.807, 2.05) is 6.08 Å². The first-order valence-electron chi connectivity index (χ1n) is 15.3. The number of aliphatic hydroxyl groups excluding tert-OH is 1. The lowest BCUT2D eigenvalue weighted by Crippen LogP contribution is -2.53. The number of cyclic esters (lactones) is 2. The zero-order chi connectivity index (χ0) is 28.0. The van der Waals surface area contributed by atoms with E-state index in [0.717, 1.165) is 91.6 Å². The normalized spacial score (nSPS) is 33.3. The average molecular weight is 547 g/mol. The van der Waals surface area contributed by atoms with Crippen LogP contribution in [0.5, 0.6) is 0 Å². The van der Waals surface area contributed by atoms with Crippen molar-refractivity contribution in [2.75, 3.05) is 13.2 Å². The van der Waals surface area contributed by atoms with Crippen LogP contribution in [0.25, 0.3) is 0 Å². The summed E-state index contributed by atoms with van der Waals surface area (Å²) in [7, 11) is 0. The van der Waals surface area contributed by atoms with Gasteiger partial charge in [-0.25, -0.2) is 9.59 Å². The highest BCUT2D eigenvalue weighted by molar-refractivity contribution is 6.00. The highest BCUT2D eigenvalue weighted by atomic mass is 16.5. The van der Waals surface area contributed by atoms with Crippen LogP contribution in [0.4, 0.5) is 0 Å². The molecule has 3 heterocycles. The van der Waals surface area contributed by atoms with Crippen LogP contribution in [-0.2, 0) is 19.1 Å². The molecular weight excluding hydrogens is 504 g/mol. The number of allylic oxidation sites excluding steroid dienone is 7. The van der Waals surface area contributed by atoms with Gasteiger partial charge in [0.05, 0.1) is 16.8 Å². The summed E-state index contributed by atoms with van der Waals surface area (Å²) in [6.07, 6.45) is 16.8. The van der Waals surface area contributed by atoms with Crippen molar-refractivity contribution in [3.05, 3.63) is 69.5 Å². The van der Waals surface area contributed by atoms with E-state index in [0.29, 0.717) is 18.8 Å². The molecule has 1 saturated heterocycles. The van der Waals surface area contributed by atoms with E-state index < -0.39 is 5.41 Å². The van der Waals surface area contributed by atoms with Crippen molar-refractivity contribution < 1.29 is 24.2 Å². The topological polar surface area (TPSA) is 111 Å². The van der Waals surface area contributed by atoms with Crippen molar-refractivity contribution >= 4 is 11.9 Å². The Labute approximate surface area is 236 Å². The van der Waals surface area contributed by atoms with Crippen LogP contribution in [0.2, 0.25) is 0 Å². The van der Waals surface area contributed by atoms with Crippen molar-refractivity contribution in [1.82, 2.24) is 5.32 Å². The number of aliphatic hydroxyl groups is 1. The molecular formula is C33H42N2O5. The Kier molecular flexibility index (Phi) is 7.28. The molecule has 0 aromatic rings. The van der Waals surface area contributed by atoms with Crippen LogP contribution < -0.4 is 11.1 Å². The Balaban J connectivity index is 1.57. The van der Waals surface area contributed by atoms with Gasteiger partial charge in [-0.05, 0) is 92.6 Å². The lowest BCUT2D eigenvalue weighted by atomic mass is 9.43. The Bertz CT molecular complexity index is 1300. The molecule has 7 rings (SSSR count). The summed E-state index contributed by atoms with van der Waals surface area (Å²) < 4.78 is 12.1. The molecule has 0 unspecified atom stereocenters. The van der Waals surface area contributed by atoms with Gasteiger partial charge in [0.2, 0.25) is 0 Å². The van der Waals surface area contributed by atoms with Gasteiger partial charge in [-0.2, -0.15) is 0 Å². The lowest BCUT2D eigenvalue weighted by Gasteiger charge is -2.57. The molecule has 2 fully saturated rings. The van der Waals surface area contributed by atoms with Gasteiger partial charge in [0.1, 0.15) is 11.5 Å². The second-order valence-electron chi connectivity index (χ2n) is 12.1. The van der Waals surface area contributed by atoms with E-state index in [1.54, 1.807) is 0 Å². The summed E-state index contributed by atoms with van der Waals surface area (Å²) in [5, 5.41) is 13.0. The Morgan fingerprint density at radius 3 is 2.70 bits per heavy atom. The van der Waals surface area contributed by atoms with Gasteiger partial charge >= 0.3 is 11.9 Å². The van der Waals surface area contributed by atoms with Gasteiger partial charge in [-0.15, -0.1) is 0 Å². The van der Waals surface area contributed by atoms with E-state index in [4.69, 9.17) is 15.2 Å². The molecule has 4 N–H and O–H groups in total. The molecule has 0 aromatic carbocycles. The van der Waals surface area contributed by atoms with Crippen LogP contribution in [0, 0.1) is 29.1 Å². The summed E-state index contributed by atoms with van der Waals surface area (Å²) >= 11 is 0. The van der Waals surface area contributed by atoms with Crippen LogP contribution >= 0.6 is 0 Å². The third-order valence-corrected chi connectivity index (χ3v) is 10.0. The van der Waals surface area contributed by atoms with Gasteiger partial charge in [0.15, 0.2) is 0 Å². The molecule has 40 heavy (non-hydrogen) atoms. The Morgan fingerprint density at radius 1 is 1.15 bits per heavy atom. The van der Waals surface area contributed by atoms with Gasteiger partial charge in [-0.1, -0.05) is 32.8 Å². The Morgan fingerprint density at radius 2 is 1.95 bits per heavy atom. The molecule has 0 amide bonds. The van der Waals surface area contributed by atoms with Crippen molar-refractivity contribution in [3.8, 4) is 0 Å². The maximum Gasteiger partial charge on any atom is 0.340 e. The number of rotatable bonds is 9. The molecule has 4 aliphatic carbocycles. The number of carbonyl (C=O) groups excluding carboxylic acids is 2. The predicted octanol–water partition coefficient (Wildman–Crippen LogP) is 5.22. The zero-order valence-corrected chi connectivity index (χ0v) is 23.8. The minimum Gasteiger partial charge on any atom is -0.427 e. The smallest absolute Gasteiger partial charge is 0.340 e. The summed E-state index contributed by atoms with van der Waals surface area (Å²) in [5.74, 6) is 1.83. The minimum absolute atomic E-state index is 0.0302. The predicted molar refractivity (Wildman–Crippen MR) is 152 cm³/mol. The van der Waals surface area contributed by atoms with E-state index in [-0.39, 0.29) is 42.2 Å². The van der Waals surface area contributed by atoms with Crippen LogP contribution in [0.15, 0.2) is 69.5 Å². The van der Waals surface area contributed by atoms with E-state index in [1.165, 1.54) is 5.57 Å². The number of nitrogens with one attached hydrogen (secondary N) is 1. The molecule has 7 nitrogen and oxygen atoms in total. The van der Waals surface area contributed by atoms with Gasteiger partial charge in [0, 0.05) is 36.1 Å². The highest BCUT2D eigenvalue weighted by Crippen LogP contribution is 2.71. The number of unbranched alkanes of at least 4 members (excludes halogenated alkanes) is 2. The fraction of sp³-hybridized carbons (Fsp3) is 0.576. The molecule has 5 atom stereocenters. The third kappa shape index (κ3) is 4.03. The first-order valence-corrected chi connectivity index (χ1v) is 15.3. The monoisotopic (exact) mass is 546 g/mol. The molecule has 214 valence electrons. The maximum absolute atomic E-state index is 14.0. The van der Waals surface area contributed by atoms with Gasteiger partial charge in [-0.3, -0.25) is 0 Å². The summed E-state index contributed by atoms with van der Waals surface area (Å²) in [6, 6.07) is 0. The highest BCUT2D eigenvalue weighted by Gasteiger charge is 2.68. The average Bonchev–Trinajstić information content (AvgIpc) is 3.44. The number of esters is 2. The number of nitrogens with two attached hydrogens (primary N) is 1. The van der Waals surface area contributed by atoms with Crippen molar-refractivity contribution in [1.29, 1.82) is 0 Å². The first-order chi connectivity index (χ1) is 19.5. The molecule has 0 aromatic heterocycles. The molecule has 3 aliphatic heterocycles. The van der Waals surface area contributed by atoms with Crippen LogP contribution in [0.3, 0.4) is 0 Å². The Hall–Kier alpha value is -3.06. The van der Waals surface area contributed by atoms with Crippen molar-refractivity contribution in [3.63, 3.8) is 0 Å². The van der Waals surface area contributed by atoms with E-state index in [9.17, 15) is 14.7 Å². The van der Waals surface area contributed by atoms with E-state index >= 15 is 0 Å². The van der Waals surface area contributed by atoms with Crippen LogP contribution in [0.1, 0.15) is 78.1 Å². The largest absolute Gasteiger partial charge is 0.427 e. The lowest BCUT2D eigenvalue weighted by molar-refractivity contribution is -0.135. The molecule has 1 saturated carbocycles. The van der Waals surface area contributed by atoms with Crippen molar-refractivity contribution in [2.45, 2.75) is 78.1 Å². The standard InChI is InChI=1S/C33H42N2O5/c1-3-5-9-24-23-12-11-22-21-13-15-33(29(22)28(23)31(37)39-24)25(10-6-4-2)40-32(38)30(33)27(21)20(8-7-17-36)19-14-16-35-26(34)18-19/h9-10,14,18,20-22,29,35-36H,3-8,11-13,15-17,34H2,1-2H3/b24-9-,25-10-/t20-,21+,22+,29-,33+/m1/s1. The van der Waals surface area contributed by atoms with Gasteiger partial charge < -0.3 is 25.6 Å². The number of dihydropyridines is 1. The SMILES string of the molecule is CCC/C=C1\OC(=O)C2=C1CC[C@H]1[C@@H]3CC[C@@]4(C(=C3[C@H](CCCO)C3=CCNC(N)=C3)C(=O)O/C4=C\CCC)[C@@H]21. The van der Waals surface area contributed by atoms with Crippen LogP contribution in [-0.4, -0.2) is 30.2 Å². The fourth-order valence-electron chi connectivity index (χ4n) is 8.57. The number of ether oxygens (including phenoxy) is 2. The summed E-state index contributed by atoms with van der Waals surface area (Å²) in [5.41, 5.74) is 10.4. The molecule has 7 aliphatic rings. The molecule has 2 bridgehead atoms. The van der Waals surface area contributed by atoms with Gasteiger partial charge in [0.25, 0.3) is 0 Å². The second kappa shape index (κ2) is 10.7. The quantitative estimate of drug-likeness (QED) is 0.340. The molecule has 1 spiro atoms. The third-order valence-electron chi connectivity index (χ3n) is 10.0. The minimum atomic E-state index is -0.651. The molecule has 7 heteroatoms. The van der Waals surface area contributed by atoms with Crippen molar-refractivity contribution in [2.24, 2.45) is 34.8 Å². The first kappa shape index (κ1) is 27.1. The van der Waals surface area contributed by atoms with E-state index in [2.05, 4.69) is 37.4 Å². The summed E-state index contributed by atoms with van der Waals surface area (Å²) in [6.45, 7) is 4.98. The zero-order valence-electron chi connectivity index (χ0n) is 23.8. The number of fused-ring (bicyclic) bond motifs is 1. The molecule has 0 radical (unpaired) electrons. The second-order valence-corrected chi connectivity index (χ2v) is 12.1.